The number of carbonyl (C=O) groups is 1. The number of carbonyl (C=O) groups excluding carboxylic acids is 1. The minimum Gasteiger partial charge on any atom is -0.378 e. The van der Waals surface area contributed by atoms with Crippen LogP contribution < -0.4 is 10.6 Å². The first-order valence-electron chi connectivity index (χ1n) is 5.22. The fourth-order valence-electron chi connectivity index (χ4n) is 1.59. The molecular weight excluding hydrogens is 180 g/mol. The van der Waals surface area contributed by atoms with Crippen molar-refractivity contribution in [1.82, 2.24) is 10.6 Å². The number of likely N-dealkylation sites (N-methyl/N-ethyl adjacent to an activating group) is 1. The largest absolute Gasteiger partial charge is 0.378 e. The summed E-state index contributed by atoms with van der Waals surface area (Å²) in [6.07, 6.45) is 2.10. The number of ether oxygens (including phenoxy) is 1. The number of amides is 1. The van der Waals surface area contributed by atoms with Crippen molar-refractivity contribution < 1.29 is 9.53 Å². The Morgan fingerprint density at radius 3 is 2.86 bits per heavy atom. The molecule has 82 valence electrons. The maximum absolute atomic E-state index is 11.5. The van der Waals surface area contributed by atoms with Crippen molar-refractivity contribution in [2.45, 2.75) is 44.9 Å². The van der Waals surface area contributed by atoms with Gasteiger partial charge in [0.1, 0.15) is 0 Å². The number of hydrogen-bond acceptors (Lipinski definition) is 3. The summed E-state index contributed by atoms with van der Waals surface area (Å²) in [5.74, 6) is 0.0756. The summed E-state index contributed by atoms with van der Waals surface area (Å²) in [6, 6.07) is 0.162. The fourth-order valence-corrected chi connectivity index (χ4v) is 1.59. The Morgan fingerprint density at radius 2 is 2.29 bits per heavy atom. The predicted octanol–water partition coefficient (Wildman–Crippen LogP) is 0.278. The Bertz CT molecular complexity index is 197. The van der Waals surface area contributed by atoms with Crippen molar-refractivity contribution >= 4 is 5.91 Å². The molecule has 0 aromatic carbocycles. The summed E-state index contributed by atoms with van der Waals surface area (Å²) in [6.45, 7) is 4.65. The first-order valence-corrected chi connectivity index (χ1v) is 5.22. The topological polar surface area (TPSA) is 50.4 Å². The summed E-state index contributed by atoms with van der Waals surface area (Å²) in [5, 5.41) is 5.94. The second-order valence-electron chi connectivity index (χ2n) is 3.92. The van der Waals surface area contributed by atoms with E-state index >= 15 is 0 Å². The number of nitrogens with one attached hydrogen (secondary N) is 2. The summed E-state index contributed by atoms with van der Waals surface area (Å²) in [7, 11) is 1.79. The summed E-state index contributed by atoms with van der Waals surface area (Å²) in [5.41, 5.74) is 0. The molecular formula is C10H20N2O2. The average molecular weight is 200 g/mol. The lowest BCUT2D eigenvalue weighted by atomic mass is 10.0. The summed E-state index contributed by atoms with van der Waals surface area (Å²) >= 11 is 0. The van der Waals surface area contributed by atoms with Crippen LogP contribution in [-0.4, -0.2) is 37.7 Å². The Morgan fingerprint density at radius 1 is 1.57 bits per heavy atom. The molecule has 1 fully saturated rings. The molecule has 1 saturated heterocycles. The highest BCUT2D eigenvalue weighted by Crippen LogP contribution is 2.12. The highest BCUT2D eigenvalue weighted by Gasteiger charge is 2.22. The van der Waals surface area contributed by atoms with E-state index in [-0.39, 0.29) is 24.1 Å². The molecule has 0 aliphatic carbocycles. The highest BCUT2D eigenvalue weighted by atomic mass is 16.5. The maximum Gasteiger partial charge on any atom is 0.237 e. The molecule has 2 N–H and O–H groups in total. The zero-order valence-corrected chi connectivity index (χ0v) is 9.17. The molecule has 0 aromatic rings. The minimum absolute atomic E-state index is 0.0756. The normalized spacial score (nSPS) is 29.6. The van der Waals surface area contributed by atoms with Gasteiger partial charge in [0.05, 0.1) is 12.1 Å². The van der Waals surface area contributed by atoms with Crippen molar-refractivity contribution in [2.24, 2.45) is 0 Å². The number of rotatable bonds is 3. The van der Waals surface area contributed by atoms with E-state index in [0.29, 0.717) is 0 Å². The van der Waals surface area contributed by atoms with Gasteiger partial charge in [-0.25, -0.2) is 0 Å². The first-order chi connectivity index (χ1) is 6.63. The van der Waals surface area contributed by atoms with E-state index in [4.69, 9.17) is 4.74 Å². The van der Waals surface area contributed by atoms with Crippen LogP contribution in [0.5, 0.6) is 0 Å². The van der Waals surface area contributed by atoms with Crippen LogP contribution in [0.1, 0.15) is 26.7 Å². The van der Waals surface area contributed by atoms with Gasteiger partial charge in [0, 0.05) is 12.6 Å². The van der Waals surface area contributed by atoms with Crippen molar-refractivity contribution in [2.75, 3.05) is 13.7 Å². The third-order valence-electron chi connectivity index (χ3n) is 2.66. The molecule has 1 aliphatic rings. The van der Waals surface area contributed by atoms with Crippen LogP contribution in [0, 0.1) is 0 Å². The van der Waals surface area contributed by atoms with E-state index in [2.05, 4.69) is 10.6 Å². The van der Waals surface area contributed by atoms with Crippen molar-refractivity contribution in [1.29, 1.82) is 0 Å². The van der Waals surface area contributed by atoms with Gasteiger partial charge in [0.25, 0.3) is 0 Å². The molecule has 0 radical (unpaired) electrons. The molecule has 1 aliphatic heterocycles. The Balaban J connectivity index is 2.32. The summed E-state index contributed by atoms with van der Waals surface area (Å²) in [4.78, 5) is 11.5. The van der Waals surface area contributed by atoms with Gasteiger partial charge >= 0.3 is 0 Å². The zero-order chi connectivity index (χ0) is 10.6. The standard InChI is InChI=1S/C10H20N2O2/c1-7-6-9(4-5-14-7)12-10(13)8(2)11-3/h7-9,11H,4-6H2,1-3H3,(H,12,13)/t7?,8-,9?/m0/s1. The minimum atomic E-state index is -0.117. The number of hydrogen-bond donors (Lipinski definition) is 2. The Kier molecular flexibility index (Phi) is 4.35. The molecule has 2 unspecified atom stereocenters. The lowest BCUT2D eigenvalue weighted by Crippen LogP contribution is -2.47. The maximum atomic E-state index is 11.5. The van der Waals surface area contributed by atoms with Crippen LogP contribution in [0.4, 0.5) is 0 Å². The van der Waals surface area contributed by atoms with Crippen LogP contribution in [0.2, 0.25) is 0 Å². The molecule has 4 heteroatoms. The quantitative estimate of drug-likeness (QED) is 0.688. The molecule has 0 spiro atoms. The van der Waals surface area contributed by atoms with Gasteiger partial charge in [0.15, 0.2) is 0 Å². The Hall–Kier alpha value is -0.610. The molecule has 0 bridgehead atoms. The molecule has 0 aromatic heterocycles. The van der Waals surface area contributed by atoms with E-state index in [1.165, 1.54) is 0 Å². The lowest BCUT2D eigenvalue weighted by Gasteiger charge is -2.28. The third kappa shape index (κ3) is 3.27. The van der Waals surface area contributed by atoms with E-state index in [9.17, 15) is 4.79 Å². The average Bonchev–Trinajstić information content (AvgIpc) is 2.16. The van der Waals surface area contributed by atoms with Crippen LogP contribution in [0.25, 0.3) is 0 Å². The fraction of sp³-hybridized carbons (Fsp3) is 0.900. The van der Waals surface area contributed by atoms with Gasteiger partial charge in [-0.15, -0.1) is 0 Å². The van der Waals surface area contributed by atoms with Gasteiger partial charge in [-0.3, -0.25) is 4.79 Å². The second kappa shape index (κ2) is 5.32. The Labute approximate surface area is 85.4 Å². The van der Waals surface area contributed by atoms with Crippen LogP contribution in [0.3, 0.4) is 0 Å². The molecule has 14 heavy (non-hydrogen) atoms. The third-order valence-corrected chi connectivity index (χ3v) is 2.66. The van der Waals surface area contributed by atoms with Gasteiger partial charge in [-0.1, -0.05) is 0 Å². The molecule has 1 amide bonds. The van der Waals surface area contributed by atoms with E-state index in [1.807, 2.05) is 13.8 Å². The van der Waals surface area contributed by atoms with E-state index < -0.39 is 0 Å². The smallest absolute Gasteiger partial charge is 0.237 e. The van der Waals surface area contributed by atoms with E-state index in [1.54, 1.807) is 7.05 Å². The monoisotopic (exact) mass is 200 g/mol. The van der Waals surface area contributed by atoms with Crippen LogP contribution in [-0.2, 0) is 9.53 Å². The van der Waals surface area contributed by atoms with Gasteiger partial charge in [0.2, 0.25) is 5.91 Å². The predicted molar refractivity (Wildman–Crippen MR) is 55.1 cm³/mol. The first kappa shape index (κ1) is 11.5. The molecule has 1 heterocycles. The molecule has 3 atom stereocenters. The zero-order valence-electron chi connectivity index (χ0n) is 9.17. The second-order valence-corrected chi connectivity index (χ2v) is 3.92. The van der Waals surface area contributed by atoms with Crippen molar-refractivity contribution in [3.05, 3.63) is 0 Å². The van der Waals surface area contributed by atoms with Crippen molar-refractivity contribution in [3.63, 3.8) is 0 Å². The summed E-state index contributed by atoms with van der Waals surface area (Å²) < 4.78 is 5.41. The van der Waals surface area contributed by atoms with Gasteiger partial charge < -0.3 is 15.4 Å². The van der Waals surface area contributed by atoms with E-state index in [0.717, 1.165) is 19.4 Å². The SMILES string of the molecule is CN[C@@H](C)C(=O)NC1CCOC(C)C1. The van der Waals surface area contributed by atoms with Crippen LogP contribution in [0.15, 0.2) is 0 Å². The molecule has 1 rings (SSSR count). The lowest BCUT2D eigenvalue weighted by molar-refractivity contribution is -0.124. The van der Waals surface area contributed by atoms with Crippen LogP contribution >= 0.6 is 0 Å². The van der Waals surface area contributed by atoms with Gasteiger partial charge in [-0.05, 0) is 33.7 Å². The van der Waals surface area contributed by atoms with Crippen molar-refractivity contribution in [3.8, 4) is 0 Å². The molecule has 4 nitrogen and oxygen atoms in total. The van der Waals surface area contributed by atoms with Gasteiger partial charge in [-0.2, -0.15) is 0 Å². The molecule has 0 saturated carbocycles. The highest BCUT2D eigenvalue weighted by molar-refractivity contribution is 5.81.